The minimum Gasteiger partial charge on any atom is -0.431 e. The van der Waals surface area contributed by atoms with Crippen molar-refractivity contribution in [1.82, 2.24) is 0 Å². The number of aliphatic hydroxyl groups is 1. The lowest BCUT2D eigenvalue weighted by Crippen LogP contribution is -2.55. The fourth-order valence-electron chi connectivity index (χ4n) is 5.32. The van der Waals surface area contributed by atoms with Crippen molar-refractivity contribution < 1.29 is 14.6 Å². The summed E-state index contributed by atoms with van der Waals surface area (Å²) in [6.07, 6.45) is 9.61. The van der Waals surface area contributed by atoms with E-state index in [1.54, 1.807) is 0 Å². The first-order chi connectivity index (χ1) is 9.97. The monoisotopic (exact) mass is 288 g/mol. The van der Waals surface area contributed by atoms with Gasteiger partial charge in [0.15, 0.2) is 0 Å². The van der Waals surface area contributed by atoms with Gasteiger partial charge in [-0.25, -0.2) is 0 Å². The van der Waals surface area contributed by atoms with Gasteiger partial charge in [-0.05, 0) is 49.5 Å². The molecule has 21 heavy (non-hydrogen) atoms. The standard InChI is InChI=1S/C18H24O3/c1-17-9-4-6-11(17)15-12(8-10-17)18(2)13(16(20)21-15)5-3-7-14(18)19/h3,7,12-14,19H,4-6,8-10H2,1-2H3. The second-order valence-electron chi connectivity index (χ2n) is 7.80. The average molecular weight is 288 g/mol. The average Bonchev–Trinajstić information content (AvgIpc) is 2.83. The minimum absolute atomic E-state index is 0.129. The molecule has 2 fully saturated rings. The van der Waals surface area contributed by atoms with Crippen molar-refractivity contribution in [2.75, 3.05) is 0 Å². The lowest BCUT2D eigenvalue weighted by Gasteiger charge is -2.53. The van der Waals surface area contributed by atoms with Gasteiger partial charge in [0.2, 0.25) is 0 Å². The van der Waals surface area contributed by atoms with Crippen LogP contribution in [-0.4, -0.2) is 17.2 Å². The van der Waals surface area contributed by atoms with Gasteiger partial charge in [0.05, 0.1) is 12.0 Å². The molecule has 114 valence electrons. The van der Waals surface area contributed by atoms with Gasteiger partial charge in [-0.15, -0.1) is 0 Å². The van der Waals surface area contributed by atoms with Crippen LogP contribution in [0.25, 0.3) is 0 Å². The zero-order chi connectivity index (χ0) is 14.8. The maximum absolute atomic E-state index is 12.5. The van der Waals surface area contributed by atoms with E-state index >= 15 is 0 Å². The Balaban J connectivity index is 1.86. The molecule has 5 unspecified atom stereocenters. The number of allylic oxidation sites excluding steroid dienone is 3. The third-order valence-corrected chi connectivity index (χ3v) is 6.81. The Morgan fingerprint density at radius 1 is 1.29 bits per heavy atom. The summed E-state index contributed by atoms with van der Waals surface area (Å²) in [5, 5.41) is 10.6. The van der Waals surface area contributed by atoms with Crippen LogP contribution in [0, 0.1) is 22.7 Å². The number of aliphatic hydroxyl groups excluding tert-OH is 1. The third-order valence-electron chi connectivity index (χ3n) is 6.81. The Hall–Kier alpha value is -1.09. The molecule has 1 saturated heterocycles. The van der Waals surface area contributed by atoms with Crippen LogP contribution in [0.4, 0.5) is 0 Å². The lowest BCUT2D eigenvalue weighted by molar-refractivity contribution is -0.170. The number of hydrogen-bond acceptors (Lipinski definition) is 3. The number of ether oxygens (including phenoxy) is 1. The van der Waals surface area contributed by atoms with E-state index in [1.807, 2.05) is 12.2 Å². The molecule has 0 aromatic rings. The predicted molar refractivity (Wildman–Crippen MR) is 79.2 cm³/mol. The van der Waals surface area contributed by atoms with Crippen molar-refractivity contribution in [2.45, 2.75) is 58.5 Å². The van der Waals surface area contributed by atoms with E-state index in [0.717, 1.165) is 25.0 Å². The van der Waals surface area contributed by atoms with Crippen LogP contribution >= 0.6 is 0 Å². The Morgan fingerprint density at radius 3 is 2.90 bits per heavy atom. The normalized spacial score (nSPS) is 48.5. The first kappa shape index (κ1) is 13.6. The van der Waals surface area contributed by atoms with E-state index in [2.05, 4.69) is 13.8 Å². The highest BCUT2D eigenvalue weighted by Gasteiger charge is 2.59. The van der Waals surface area contributed by atoms with Gasteiger partial charge in [-0.1, -0.05) is 26.0 Å². The largest absolute Gasteiger partial charge is 0.431 e. The molecule has 0 amide bonds. The summed E-state index contributed by atoms with van der Waals surface area (Å²) >= 11 is 0. The zero-order valence-electron chi connectivity index (χ0n) is 12.9. The number of hydrogen-bond donors (Lipinski definition) is 1. The molecule has 0 bridgehead atoms. The number of fused-ring (bicyclic) bond motifs is 4. The summed E-state index contributed by atoms with van der Waals surface area (Å²) in [5.41, 5.74) is 1.20. The molecule has 0 radical (unpaired) electrons. The van der Waals surface area contributed by atoms with Gasteiger partial charge in [-0.2, -0.15) is 0 Å². The number of carbonyl (C=O) groups excluding carboxylic acids is 1. The molecule has 4 aliphatic rings. The fourth-order valence-corrected chi connectivity index (χ4v) is 5.32. The smallest absolute Gasteiger partial charge is 0.315 e. The molecular weight excluding hydrogens is 264 g/mol. The van der Waals surface area contributed by atoms with Crippen LogP contribution in [0.15, 0.2) is 23.5 Å². The molecule has 1 N–H and O–H groups in total. The number of carbonyl (C=O) groups is 1. The molecule has 0 aromatic heterocycles. The summed E-state index contributed by atoms with van der Waals surface area (Å²) in [6, 6.07) is 0. The van der Waals surface area contributed by atoms with Gasteiger partial charge in [0, 0.05) is 11.3 Å². The quantitative estimate of drug-likeness (QED) is 0.549. The number of esters is 1. The SMILES string of the molecule is CC12CCCC1=C1OC(=O)C3CC=CC(O)C3(C)C1CC2. The third kappa shape index (κ3) is 1.61. The molecule has 0 spiro atoms. The number of rotatable bonds is 0. The minimum atomic E-state index is -0.546. The van der Waals surface area contributed by atoms with Crippen LogP contribution < -0.4 is 0 Å². The molecule has 4 rings (SSSR count). The molecule has 0 aromatic carbocycles. The molecular formula is C18H24O3. The van der Waals surface area contributed by atoms with Crippen LogP contribution in [0.5, 0.6) is 0 Å². The highest BCUT2D eigenvalue weighted by molar-refractivity contribution is 5.77. The van der Waals surface area contributed by atoms with Crippen molar-refractivity contribution in [2.24, 2.45) is 22.7 Å². The molecule has 3 nitrogen and oxygen atoms in total. The lowest BCUT2D eigenvalue weighted by atomic mass is 9.55. The van der Waals surface area contributed by atoms with Gasteiger partial charge in [0.25, 0.3) is 0 Å². The van der Waals surface area contributed by atoms with Crippen molar-refractivity contribution in [1.29, 1.82) is 0 Å². The summed E-state index contributed by atoms with van der Waals surface area (Å²) in [7, 11) is 0. The Morgan fingerprint density at radius 2 is 2.10 bits per heavy atom. The van der Waals surface area contributed by atoms with Gasteiger partial charge in [-0.3, -0.25) is 4.79 Å². The first-order valence-corrected chi connectivity index (χ1v) is 8.27. The molecule has 1 saturated carbocycles. The first-order valence-electron chi connectivity index (χ1n) is 8.27. The molecule has 5 atom stereocenters. The summed E-state index contributed by atoms with van der Waals surface area (Å²) in [6.45, 7) is 4.41. The molecule has 1 heterocycles. The molecule has 1 aliphatic heterocycles. The van der Waals surface area contributed by atoms with Crippen LogP contribution in [-0.2, 0) is 9.53 Å². The predicted octanol–water partition coefficient (Wildman–Crippen LogP) is 3.34. The van der Waals surface area contributed by atoms with E-state index in [4.69, 9.17) is 4.74 Å². The van der Waals surface area contributed by atoms with Crippen molar-refractivity contribution in [3.8, 4) is 0 Å². The molecule has 3 heteroatoms. The fraction of sp³-hybridized carbons (Fsp3) is 0.722. The summed E-state index contributed by atoms with van der Waals surface area (Å²) in [5.74, 6) is 0.800. The van der Waals surface area contributed by atoms with E-state index in [1.165, 1.54) is 18.4 Å². The topological polar surface area (TPSA) is 46.5 Å². The van der Waals surface area contributed by atoms with Gasteiger partial charge in [0.1, 0.15) is 5.76 Å². The highest BCUT2D eigenvalue weighted by atomic mass is 16.5. The van der Waals surface area contributed by atoms with Crippen molar-refractivity contribution in [3.63, 3.8) is 0 Å². The molecule has 3 aliphatic carbocycles. The van der Waals surface area contributed by atoms with Gasteiger partial charge >= 0.3 is 5.97 Å². The van der Waals surface area contributed by atoms with Crippen molar-refractivity contribution in [3.05, 3.63) is 23.5 Å². The zero-order valence-corrected chi connectivity index (χ0v) is 12.9. The van der Waals surface area contributed by atoms with E-state index in [-0.39, 0.29) is 23.2 Å². The van der Waals surface area contributed by atoms with E-state index in [0.29, 0.717) is 6.42 Å². The highest BCUT2D eigenvalue weighted by Crippen LogP contribution is 2.61. The second kappa shape index (κ2) is 4.22. The van der Waals surface area contributed by atoms with Gasteiger partial charge < -0.3 is 9.84 Å². The van der Waals surface area contributed by atoms with Crippen molar-refractivity contribution >= 4 is 5.97 Å². The maximum Gasteiger partial charge on any atom is 0.315 e. The van der Waals surface area contributed by atoms with E-state index < -0.39 is 11.5 Å². The summed E-state index contributed by atoms with van der Waals surface area (Å²) in [4.78, 5) is 12.5. The second-order valence-corrected chi connectivity index (χ2v) is 7.80. The van der Waals surface area contributed by atoms with Crippen LogP contribution in [0.2, 0.25) is 0 Å². The Bertz CT molecular complexity index is 561. The maximum atomic E-state index is 12.5. The Kier molecular flexibility index (Phi) is 2.73. The van der Waals surface area contributed by atoms with Crippen LogP contribution in [0.1, 0.15) is 52.4 Å². The summed E-state index contributed by atoms with van der Waals surface area (Å²) < 4.78 is 5.85. The van der Waals surface area contributed by atoms with Crippen LogP contribution in [0.3, 0.4) is 0 Å². The van der Waals surface area contributed by atoms with E-state index in [9.17, 15) is 9.90 Å². The Labute approximate surface area is 126 Å².